The summed E-state index contributed by atoms with van der Waals surface area (Å²) in [4.78, 5) is 19.7. The van der Waals surface area contributed by atoms with Crippen LogP contribution in [0.4, 0.5) is 13.2 Å². The van der Waals surface area contributed by atoms with E-state index in [4.69, 9.17) is 4.74 Å². The minimum atomic E-state index is -4.61. The van der Waals surface area contributed by atoms with E-state index in [1.165, 1.54) is 25.4 Å². The van der Waals surface area contributed by atoms with Crippen LogP contribution in [-0.2, 0) is 12.7 Å². The fourth-order valence-corrected chi connectivity index (χ4v) is 2.53. The lowest BCUT2D eigenvalue weighted by molar-refractivity contribution is -0.146. The van der Waals surface area contributed by atoms with Crippen molar-refractivity contribution in [2.24, 2.45) is 0 Å². The zero-order chi connectivity index (χ0) is 18.7. The van der Waals surface area contributed by atoms with Crippen molar-refractivity contribution in [3.8, 4) is 5.75 Å². The molecule has 9 heteroatoms. The first-order valence-electron chi connectivity index (χ1n) is 7.71. The molecule has 0 aliphatic carbocycles. The van der Waals surface area contributed by atoms with Gasteiger partial charge in [-0.05, 0) is 30.3 Å². The van der Waals surface area contributed by atoms with Crippen LogP contribution in [-0.4, -0.2) is 34.1 Å². The zero-order valence-corrected chi connectivity index (χ0v) is 13.7. The van der Waals surface area contributed by atoms with Crippen molar-refractivity contribution in [1.82, 2.24) is 19.9 Å². The highest BCUT2D eigenvalue weighted by Crippen LogP contribution is 2.30. The van der Waals surface area contributed by atoms with Crippen molar-refractivity contribution in [1.29, 1.82) is 0 Å². The van der Waals surface area contributed by atoms with E-state index in [2.05, 4.69) is 15.3 Å². The Kier molecular flexibility index (Phi) is 4.79. The van der Waals surface area contributed by atoms with Crippen LogP contribution < -0.4 is 10.1 Å². The molecule has 2 heterocycles. The lowest BCUT2D eigenvalue weighted by Crippen LogP contribution is -2.28. The highest BCUT2D eigenvalue weighted by Gasteiger charge is 2.37. The summed E-state index contributed by atoms with van der Waals surface area (Å²) in [5, 5.41) is 2.59. The van der Waals surface area contributed by atoms with Gasteiger partial charge in [0.05, 0.1) is 7.11 Å². The van der Waals surface area contributed by atoms with Crippen molar-refractivity contribution in [3.63, 3.8) is 0 Å². The van der Waals surface area contributed by atoms with Gasteiger partial charge < -0.3 is 14.6 Å². The van der Waals surface area contributed by atoms with E-state index in [1.54, 1.807) is 24.3 Å². The van der Waals surface area contributed by atoms with E-state index in [9.17, 15) is 18.0 Å². The predicted molar refractivity (Wildman–Crippen MR) is 87.9 cm³/mol. The Morgan fingerprint density at radius 2 is 2.08 bits per heavy atom. The zero-order valence-electron chi connectivity index (χ0n) is 13.7. The number of pyridine rings is 1. The number of hydrogen-bond donors (Lipinski definition) is 1. The van der Waals surface area contributed by atoms with Crippen LogP contribution in [0.5, 0.6) is 5.75 Å². The number of rotatable bonds is 5. The van der Waals surface area contributed by atoms with Gasteiger partial charge in [-0.3, -0.25) is 4.79 Å². The Morgan fingerprint density at radius 1 is 1.27 bits per heavy atom. The lowest BCUT2D eigenvalue weighted by atomic mass is 10.2. The molecule has 0 aliphatic rings. The third-order valence-corrected chi connectivity index (χ3v) is 3.71. The predicted octanol–water partition coefficient (Wildman–Crippen LogP) is 2.89. The molecule has 0 atom stereocenters. The molecule has 6 nitrogen and oxygen atoms in total. The van der Waals surface area contributed by atoms with Crippen LogP contribution in [0.2, 0.25) is 0 Å². The maximum atomic E-state index is 13.2. The van der Waals surface area contributed by atoms with Crippen molar-refractivity contribution in [2.75, 3.05) is 13.7 Å². The molecule has 0 saturated heterocycles. The molecule has 0 unspecified atom stereocenters. The number of imidazole rings is 1. The van der Waals surface area contributed by atoms with Gasteiger partial charge in [-0.2, -0.15) is 13.2 Å². The molecule has 0 saturated carbocycles. The number of benzene rings is 1. The summed E-state index contributed by atoms with van der Waals surface area (Å²) in [6.45, 7) is -0.126. The SMILES string of the molecule is COc1cccc(C(=O)NCCn2c(C(F)(F)F)nc3cccnc32)c1. The largest absolute Gasteiger partial charge is 0.497 e. The van der Waals surface area contributed by atoms with Gasteiger partial charge >= 0.3 is 6.18 Å². The van der Waals surface area contributed by atoms with Crippen LogP contribution in [0.15, 0.2) is 42.6 Å². The molecular weight excluding hydrogens is 349 g/mol. The molecule has 1 N–H and O–H groups in total. The smallest absolute Gasteiger partial charge is 0.449 e. The normalized spacial score (nSPS) is 11.5. The monoisotopic (exact) mass is 364 g/mol. The number of ether oxygens (including phenoxy) is 1. The second kappa shape index (κ2) is 7.03. The van der Waals surface area contributed by atoms with Crippen LogP contribution >= 0.6 is 0 Å². The molecule has 136 valence electrons. The summed E-state index contributed by atoms with van der Waals surface area (Å²) in [5.41, 5.74) is 0.628. The maximum absolute atomic E-state index is 13.2. The number of halogens is 3. The highest BCUT2D eigenvalue weighted by molar-refractivity contribution is 5.94. The summed E-state index contributed by atoms with van der Waals surface area (Å²) < 4.78 is 45.6. The van der Waals surface area contributed by atoms with Gasteiger partial charge in [0, 0.05) is 24.8 Å². The maximum Gasteiger partial charge on any atom is 0.449 e. The number of nitrogens with zero attached hydrogens (tertiary/aromatic N) is 3. The van der Waals surface area contributed by atoms with Gasteiger partial charge in [0.15, 0.2) is 5.65 Å². The molecule has 3 aromatic rings. The molecule has 1 amide bonds. The van der Waals surface area contributed by atoms with Crippen molar-refractivity contribution in [3.05, 3.63) is 54.0 Å². The molecule has 2 aromatic heterocycles. The van der Waals surface area contributed by atoms with Crippen LogP contribution in [0, 0.1) is 0 Å². The standard InChI is InChI=1S/C17H15F3N4O2/c1-26-12-5-2-4-11(10-12)15(25)22-8-9-24-14-13(6-3-7-21-14)23-16(24)17(18,19)20/h2-7,10H,8-9H2,1H3,(H,22,25). The van der Waals surface area contributed by atoms with E-state index >= 15 is 0 Å². The van der Waals surface area contributed by atoms with E-state index in [0.29, 0.717) is 11.3 Å². The number of amides is 1. The van der Waals surface area contributed by atoms with Crippen molar-refractivity contribution < 1.29 is 22.7 Å². The number of methoxy groups -OCH3 is 1. The molecule has 3 rings (SSSR count). The molecule has 0 bridgehead atoms. The molecule has 0 fully saturated rings. The molecular formula is C17H15F3N4O2. The van der Waals surface area contributed by atoms with Crippen molar-refractivity contribution in [2.45, 2.75) is 12.7 Å². The number of aromatic nitrogens is 3. The van der Waals surface area contributed by atoms with E-state index in [0.717, 1.165) is 4.57 Å². The Labute approximate surface area is 146 Å². The first-order chi connectivity index (χ1) is 12.4. The Morgan fingerprint density at radius 3 is 2.81 bits per heavy atom. The summed E-state index contributed by atoms with van der Waals surface area (Å²) >= 11 is 0. The average Bonchev–Trinajstić information content (AvgIpc) is 3.01. The topological polar surface area (TPSA) is 69.0 Å². The van der Waals surface area contributed by atoms with Crippen molar-refractivity contribution >= 4 is 17.1 Å². The third kappa shape index (κ3) is 3.61. The average molecular weight is 364 g/mol. The number of hydrogen-bond acceptors (Lipinski definition) is 4. The molecule has 1 aromatic carbocycles. The fraction of sp³-hybridized carbons (Fsp3) is 0.235. The van der Waals surface area contributed by atoms with E-state index in [-0.39, 0.29) is 24.3 Å². The number of carbonyl (C=O) groups excluding carboxylic acids is 1. The Balaban J connectivity index is 1.76. The summed E-state index contributed by atoms with van der Waals surface area (Å²) in [7, 11) is 1.48. The number of fused-ring (bicyclic) bond motifs is 1. The van der Waals surface area contributed by atoms with Gasteiger partial charge in [0.2, 0.25) is 5.82 Å². The molecule has 0 radical (unpaired) electrons. The quantitative estimate of drug-likeness (QED) is 0.756. The molecule has 26 heavy (non-hydrogen) atoms. The van der Waals surface area contributed by atoms with Gasteiger partial charge in [-0.15, -0.1) is 0 Å². The first-order valence-corrected chi connectivity index (χ1v) is 7.71. The summed E-state index contributed by atoms with van der Waals surface area (Å²) in [6, 6.07) is 9.46. The lowest BCUT2D eigenvalue weighted by Gasteiger charge is -2.12. The van der Waals surface area contributed by atoms with Gasteiger partial charge in [0.1, 0.15) is 11.3 Å². The number of nitrogens with one attached hydrogen (secondary N) is 1. The van der Waals surface area contributed by atoms with Gasteiger partial charge in [-0.25, -0.2) is 9.97 Å². The first kappa shape index (κ1) is 17.7. The third-order valence-electron chi connectivity index (χ3n) is 3.71. The van der Waals surface area contributed by atoms with Gasteiger partial charge in [0.25, 0.3) is 5.91 Å². The number of alkyl halides is 3. The second-order valence-corrected chi connectivity index (χ2v) is 5.42. The van der Waals surface area contributed by atoms with E-state index in [1.807, 2.05) is 0 Å². The minimum Gasteiger partial charge on any atom is -0.497 e. The molecule has 0 spiro atoms. The summed E-state index contributed by atoms with van der Waals surface area (Å²) in [6.07, 6.45) is -3.22. The Hall–Kier alpha value is -3.10. The minimum absolute atomic E-state index is 0.0127. The van der Waals surface area contributed by atoms with Gasteiger partial charge in [-0.1, -0.05) is 6.07 Å². The molecule has 0 aliphatic heterocycles. The highest BCUT2D eigenvalue weighted by atomic mass is 19.4. The number of carbonyl (C=O) groups is 1. The van der Waals surface area contributed by atoms with E-state index < -0.39 is 17.9 Å². The second-order valence-electron chi connectivity index (χ2n) is 5.42. The Bertz CT molecular complexity index is 937. The fourth-order valence-electron chi connectivity index (χ4n) is 2.53. The van der Waals surface area contributed by atoms with Crippen LogP contribution in [0.25, 0.3) is 11.2 Å². The summed E-state index contributed by atoms with van der Waals surface area (Å²) in [5.74, 6) is -0.932. The van der Waals surface area contributed by atoms with Crippen LogP contribution in [0.3, 0.4) is 0 Å². The van der Waals surface area contributed by atoms with Crippen LogP contribution in [0.1, 0.15) is 16.2 Å².